The van der Waals surface area contributed by atoms with Gasteiger partial charge in [-0.1, -0.05) is 0 Å². The van der Waals surface area contributed by atoms with Crippen LogP contribution in [0, 0.1) is 0 Å². The number of rotatable bonds is 2. The average Bonchev–Trinajstić information content (AvgIpc) is 2.50. The first-order valence-corrected chi connectivity index (χ1v) is 7.32. The van der Waals surface area contributed by atoms with Gasteiger partial charge in [0, 0.05) is 12.6 Å². The zero-order valence-electron chi connectivity index (χ0n) is 12.0. The van der Waals surface area contributed by atoms with Crippen LogP contribution in [0.3, 0.4) is 0 Å². The van der Waals surface area contributed by atoms with Gasteiger partial charge in [0.25, 0.3) is 5.56 Å². The summed E-state index contributed by atoms with van der Waals surface area (Å²) in [7, 11) is 0. The molecule has 0 spiro atoms. The van der Waals surface area contributed by atoms with E-state index in [2.05, 4.69) is 5.32 Å². The van der Waals surface area contributed by atoms with Crippen LogP contribution < -0.4 is 16.6 Å². The van der Waals surface area contributed by atoms with Crippen LogP contribution in [0.2, 0.25) is 0 Å². The summed E-state index contributed by atoms with van der Waals surface area (Å²) in [5.41, 5.74) is 0.0191. The molecular formula is C15H19N3O3. The average molecular weight is 289 g/mol. The molecule has 6 heteroatoms. The highest BCUT2D eigenvalue weighted by Gasteiger charge is 2.21. The van der Waals surface area contributed by atoms with Crippen LogP contribution in [-0.2, 0) is 6.54 Å². The summed E-state index contributed by atoms with van der Waals surface area (Å²) in [6.07, 6.45) is 1.53. The zero-order chi connectivity index (χ0) is 15.0. The minimum absolute atomic E-state index is 0.0396. The van der Waals surface area contributed by atoms with E-state index in [-0.39, 0.29) is 23.0 Å². The molecule has 0 atom stereocenters. The van der Waals surface area contributed by atoms with Gasteiger partial charge in [-0.15, -0.1) is 0 Å². The molecule has 0 aliphatic carbocycles. The lowest BCUT2D eigenvalue weighted by Crippen LogP contribution is -2.45. The molecule has 1 fully saturated rings. The van der Waals surface area contributed by atoms with Crippen LogP contribution in [0.15, 0.2) is 27.8 Å². The second kappa shape index (κ2) is 5.37. The van der Waals surface area contributed by atoms with E-state index in [1.54, 1.807) is 10.6 Å². The summed E-state index contributed by atoms with van der Waals surface area (Å²) in [5, 5.41) is 13.3. The van der Waals surface area contributed by atoms with Crippen LogP contribution in [-0.4, -0.2) is 27.3 Å². The Labute approximate surface area is 121 Å². The van der Waals surface area contributed by atoms with Crippen molar-refractivity contribution in [3.05, 3.63) is 39.0 Å². The molecule has 0 radical (unpaired) electrons. The largest absolute Gasteiger partial charge is 0.508 e. The van der Waals surface area contributed by atoms with Crippen molar-refractivity contribution in [2.24, 2.45) is 0 Å². The molecule has 21 heavy (non-hydrogen) atoms. The maximum absolute atomic E-state index is 12.7. The van der Waals surface area contributed by atoms with Crippen molar-refractivity contribution >= 4 is 10.9 Å². The third-order valence-corrected chi connectivity index (χ3v) is 4.15. The molecule has 112 valence electrons. The highest BCUT2D eigenvalue weighted by Crippen LogP contribution is 2.19. The van der Waals surface area contributed by atoms with Crippen LogP contribution >= 0.6 is 0 Å². The number of nitrogens with one attached hydrogen (secondary N) is 1. The van der Waals surface area contributed by atoms with Gasteiger partial charge in [-0.05, 0) is 51.1 Å². The first kappa shape index (κ1) is 13.9. The second-order valence-corrected chi connectivity index (χ2v) is 5.38. The van der Waals surface area contributed by atoms with Gasteiger partial charge in [-0.2, -0.15) is 0 Å². The predicted molar refractivity (Wildman–Crippen MR) is 80.9 cm³/mol. The third-order valence-electron chi connectivity index (χ3n) is 4.15. The molecule has 1 aliphatic rings. The molecule has 1 saturated heterocycles. The van der Waals surface area contributed by atoms with E-state index in [9.17, 15) is 14.7 Å². The Morgan fingerprint density at radius 1 is 1.29 bits per heavy atom. The Hall–Kier alpha value is -2.08. The van der Waals surface area contributed by atoms with Crippen molar-refractivity contribution < 1.29 is 5.11 Å². The number of aromatic nitrogens is 2. The number of aromatic hydroxyl groups is 1. The lowest BCUT2D eigenvalue weighted by Gasteiger charge is -2.25. The van der Waals surface area contributed by atoms with Crippen LogP contribution in [0.4, 0.5) is 0 Å². The number of phenolic OH excluding ortho intramolecular Hbond substituents is 1. The SMILES string of the molecule is CCn1c(=O)n(C2CCNCC2)c(=O)c2cc(O)ccc21. The van der Waals surface area contributed by atoms with Crippen molar-refractivity contribution in [1.29, 1.82) is 0 Å². The monoisotopic (exact) mass is 289 g/mol. The standard InChI is InChI=1S/C15H19N3O3/c1-2-17-13-4-3-11(19)9-12(13)14(20)18(15(17)21)10-5-7-16-8-6-10/h3-4,9-10,16,19H,2,5-8H2,1H3. The van der Waals surface area contributed by atoms with E-state index in [0.717, 1.165) is 25.9 Å². The van der Waals surface area contributed by atoms with Crippen molar-refractivity contribution in [2.75, 3.05) is 13.1 Å². The highest BCUT2D eigenvalue weighted by atomic mass is 16.3. The van der Waals surface area contributed by atoms with Gasteiger partial charge in [0.05, 0.1) is 10.9 Å². The zero-order valence-corrected chi connectivity index (χ0v) is 12.0. The second-order valence-electron chi connectivity index (χ2n) is 5.38. The Morgan fingerprint density at radius 2 is 2.00 bits per heavy atom. The number of aryl methyl sites for hydroxylation is 1. The fourth-order valence-electron chi connectivity index (χ4n) is 3.07. The summed E-state index contributed by atoms with van der Waals surface area (Å²) in [6.45, 7) is 3.98. The van der Waals surface area contributed by atoms with Gasteiger partial charge in [-0.3, -0.25) is 13.9 Å². The van der Waals surface area contributed by atoms with Gasteiger partial charge >= 0.3 is 5.69 Å². The Kier molecular flexibility index (Phi) is 3.55. The van der Waals surface area contributed by atoms with Crippen molar-refractivity contribution in [1.82, 2.24) is 14.5 Å². The molecule has 1 aromatic carbocycles. The first-order valence-electron chi connectivity index (χ1n) is 7.32. The van der Waals surface area contributed by atoms with Gasteiger partial charge in [0.15, 0.2) is 0 Å². The minimum Gasteiger partial charge on any atom is -0.508 e. The molecule has 2 aromatic rings. The number of nitrogens with zero attached hydrogens (tertiary/aromatic N) is 2. The lowest BCUT2D eigenvalue weighted by atomic mass is 10.1. The van der Waals surface area contributed by atoms with E-state index < -0.39 is 0 Å². The quantitative estimate of drug-likeness (QED) is 0.858. The summed E-state index contributed by atoms with van der Waals surface area (Å²) in [4.78, 5) is 25.3. The van der Waals surface area contributed by atoms with Gasteiger partial charge in [0.2, 0.25) is 0 Å². The number of phenols is 1. The van der Waals surface area contributed by atoms with Crippen molar-refractivity contribution in [3.63, 3.8) is 0 Å². The molecule has 1 aromatic heterocycles. The van der Waals surface area contributed by atoms with E-state index >= 15 is 0 Å². The molecule has 3 rings (SSSR count). The van der Waals surface area contributed by atoms with Crippen LogP contribution in [0.25, 0.3) is 10.9 Å². The van der Waals surface area contributed by atoms with E-state index in [1.165, 1.54) is 16.7 Å². The summed E-state index contributed by atoms with van der Waals surface area (Å²) < 4.78 is 2.96. The van der Waals surface area contributed by atoms with E-state index in [0.29, 0.717) is 17.4 Å². The normalized spacial score (nSPS) is 16.4. The number of benzene rings is 1. The number of fused-ring (bicyclic) bond motifs is 1. The van der Waals surface area contributed by atoms with E-state index in [4.69, 9.17) is 0 Å². The minimum atomic E-state index is -0.303. The van der Waals surface area contributed by atoms with Gasteiger partial charge < -0.3 is 10.4 Å². The smallest absolute Gasteiger partial charge is 0.331 e. The Balaban J connectivity index is 2.33. The topological polar surface area (TPSA) is 76.3 Å². The lowest BCUT2D eigenvalue weighted by molar-refractivity contribution is 0.346. The number of piperidine rings is 1. The molecule has 1 aliphatic heterocycles. The number of hydrogen-bond acceptors (Lipinski definition) is 4. The molecule has 0 saturated carbocycles. The maximum Gasteiger partial charge on any atom is 0.331 e. The van der Waals surface area contributed by atoms with Crippen LogP contribution in [0.1, 0.15) is 25.8 Å². The molecule has 2 heterocycles. The fourth-order valence-corrected chi connectivity index (χ4v) is 3.07. The first-order chi connectivity index (χ1) is 10.1. The fraction of sp³-hybridized carbons (Fsp3) is 0.467. The molecule has 0 amide bonds. The summed E-state index contributed by atoms with van der Waals surface area (Å²) >= 11 is 0. The van der Waals surface area contributed by atoms with Crippen molar-refractivity contribution in [3.8, 4) is 5.75 Å². The van der Waals surface area contributed by atoms with E-state index in [1.807, 2.05) is 6.92 Å². The van der Waals surface area contributed by atoms with Crippen molar-refractivity contribution in [2.45, 2.75) is 32.4 Å². The van der Waals surface area contributed by atoms with Crippen LogP contribution in [0.5, 0.6) is 5.75 Å². The molecule has 2 N–H and O–H groups in total. The Morgan fingerprint density at radius 3 is 2.67 bits per heavy atom. The summed E-state index contributed by atoms with van der Waals surface area (Å²) in [5.74, 6) is 0.0396. The summed E-state index contributed by atoms with van der Waals surface area (Å²) in [6, 6.07) is 4.50. The molecule has 0 unspecified atom stereocenters. The Bertz CT molecular complexity index is 785. The molecule has 6 nitrogen and oxygen atoms in total. The third kappa shape index (κ3) is 2.25. The highest BCUT2D eigenvalue weighted by molar-refractivity contribution is 5.79. The molecule has 0 bridgehead atoms. The predicted octanol–water partition coefficient (Wildman–Crippen LogP) is 0.813. The van der Waals surface area contributed by atoms with Gasteiger partial charge in [-0.25, -0.2) is 4.79 Å². The van der Waals surface area contributed by atoms with Gasteiger partial charge in [0.1, 0.15) is 5.75 Å². The number of hydrogen-bond donors (Lipinski definition) is 2. The molecular weight excluding hydrogens is 270 g/mol. The maximum atomic E-state index is 12.7.